The Morgan fingerprint density at radius 2 is 1.55 bits per heavy atom. The third-order valence-corrected chi connectivity index (χ3v) is 7.12. The highest BCUT2D eigenvalue weighted by atomic mass is 35.5. The van der Waals surface area contributed by atoms with Crippen LogP contribution < -0.4 is 22.1 Å². The fourth-order valence-electron chi connectivity index (χ4n) is 4.66. The highest BCUT2D eigenvalue weighted by Gasteiger charge is 2.39. The quantitative estimate of drug-likeness (QED) is 0.0997. The first-order valence-corrected chi connectivity index (χ1v) is 14.2. The molecule has 3 atom stereocenters. The summed E-state index contributed by atoms with van der Waals surface area (Å²) in [6.07, 6.45) is -9.06. The second kappa shape index (κ2) is 17.1. The Hall–Kier alpha value is -4.69. The zero-order valence-electron chi connectivity index (χ0n) is 25.0. The van der Waals surface area contributed by atoms with Crippen LogP contribution in [0.1, 0.15) is 29.2 Å². The van der Waals surface area contributed by atoms with Crippen molar-refractivity contribution in [3.8, 4) is 0 Å². The highest BCUT2D eigenvalue weighted by molar-refractivity contribution is 6.39. The van der Waals surface area contributed by atoms with Gasteiger partial charge in [0.15, 0.2) is 5.96 Å². The van der Waals surface area contributed by atoms with Crippen molar-refractivity contribution in [3.05, 3.63) is 63.9 Å². The minimum absolute atomic E-state index is 0.0539. The average Bonchev–Trinajstić information content (AvgIpc) is 3.55. The number of halogens is 8. The Kier molecular flexibility index (Phi) is 14.1. The molecule has 0 aromatic heterocycles. The lowest BCUT2D eigenvalue weighted by Crippen LogP contribution is -2.40. The van der Waals surface area contributed by atoms with Crippen LogP contribution in [0.25, 0.3) is 0 Å². The maximum absolute atomic E-state index is 13.7. The van der Waals surface area contributed by atoms with Crippen LogP contribution in [0, 0.1) is 11.7 Å². The van der Waals surface area contributed by atoms with Crippen LogP contribution in [0.3, 0.4) is 0 Å². The number of carboxylic acids is 2. The number of likely N-dealkylation sites (tertiary alicyclic amines) is 1. The van der Waals surface area contributed by atoms with E-state index in [1.165, 1.54) is 12.1 Å². The molecule has 2 aromatic carbocycles. The monoisotopic (exact) mass is 730 g/mol. The molecular weight excluding hydrogens is 701 g/mol. The molecule has 9 N–H and O–H groups in total. The molecule has 0 spiro atoms. The van der Waals surface area contributed by atoms with Crippen LogP contribution in [0.4, 0.5) is 36.4 Å². The number of aliphatic hydroxyl groups excluding tert-OH is 1. The normalized spacial score (nSPS) is 18.5. The van der Waals surface area contributed by atoms with Crippen molar-refractivity contribution in [2.24, 2.45) is 22.4 Å². The first-order chi connectivity index (χ1) is 22.6. The number of nitrogens with two attached hydrogens (primary N) is 2. The molecule has 0 radical (unpaired) electrons. The first-order valence-electron chi connectivity index (χ1n) is 13.8. The number of β-amino-alcohol motifs (C(OH)–C–C–N with tert-alkyl or cyclic N) is 1. The van der Waals surface area contributed by atoms with E-state index >= 15 is 0 Å². The molecule has 13 nitrogen and oxygen atoms in total. The summed E-state index contributed by atoms with van der Waals surface area (Å²) in [5.41, 5.74) is 14.2. The van der Waals surface area contributed by atoms with Gasteiger partial charge in [-0.1, -0.05) is 29.8 Å². The smallest absolute Gasteiger partial charge is 0.475 e. The number of hydrogen-bond acceptors (Lipinski definition) is 7. The van der Waals surface area contributed by atoms with Crippen LogP contribution in [0.2, 0.25) is 5.02 Å². The summed E-state index contributed by atoms with van der Waals surface area (Å²) in [7, 11) is 0. The van der Waals surface area contributed by atoms with E-state index in [0.29, 0.717) is 13.0 Å². The van der Waals surface area contributed by atoms with Crippen LogP contribution in [0.5, 0.6) is 0 Å². The second-order valence-electron chi connectivity index (χ2n) is 10.6. The van der Waals surface area contributed by atoms with E-state index in [1.54, 1.807) is 0 Å². The number of hydrogen-bond donors (Lipinski definition) is 7. The Balaban J connectivity index is 0.000000500. The Morgan fingerprint density at radius 3 is 2.04 bits per heavy atom. The Labute approximate surface area is 277 Å². The van der Waals surface area contributed by atoms with Crippen molar-refractivity contribution in [3.63, 3.8) is 0 Å². The number of carbonyl (C=O) groups excluding carboxylic acids is 2. The van der Waals surface area contributed by atoms with Gasteiger partial charge in [-0.15, -0.1) is 0 Å². The molecule has 49 heavy (non-hydrogen) atoms. The minimum atomic E-state index is -5.08. The number of aliphatic carboxylic acids is 2. The zero-order valence-corrected chi connectivity index (χ0v) is 25.7. The lowest BCUT2D eigenvalue weighted by Gasteiger charge is -2.21. The standard InChI is InChI=1S/C24H28ClFN6O3.2C2HF3O2/c25-19-4-2-16(9-20(19)26)30-22(34)23(35)31-21-15(10-29-24(27)28)8-14-7-13(1-3-18(14)21)11-32-6-5-17(33)12-32;2*3-2(4,5)1(6)7/h1-4,7,9,15,17,21,33H,5-6,8,10-12H2,(H,30,34)(H,31,35)(H4,27,28,29);2*(H,6,7)/t15-,17-,21-;;/m1../s1. The van der Waals surface area contributed by atoms with Gasteiger partial charge in [-0.05, 0) is 47.7 Å². The topological polar surface area (TPSA) is 221 Å². The van der Waals surface area contributed by atoms with Gasteiger partial charge in [0.1, 0.15) is 5.82 Å². The summed E-state index contributed by atoms with van der Waals surface area (Å²) in [6, 6.07) is 9.29. The van der Waals surface area contributed by atoms with Gasteiger partial charge >= 0.3 is 36.1 Å². The van der Waals surface area contributed by atoms with E-state index in [0.717, 1.165) is 42.3 Å². The molecule has 1 fully saturated rings. The van der Waals surface area contributed by atoms with E-state index in [1.807, 2.05) is 12.1 Å². The highest BCUT2D eigenvalue weighted by Crippen LogP contribution is 2.37. The molecule has 0 saturated carbocycles. The van der Waals surface area contributed by atoms with E-state index < -0.39 is 48.0 Å². The Morgan fingerprint density at radius 1 is 0.959 bits per heavy atom. The number of anilines is 1. The predicted molar refractivity (Wildman–Crippen MR) is 159 cm³/mol. The molecule has 1 aliphatic heterocycles. The van der Waals surface area contributed by atoms with E-state index in [-0.39, 0.29) is 35.2 Å². The molecule has 1 heterocycles. The summed E-state index contributed by atoms with van der Waals surface area (Å²) >= 11 is 5.66. The van der Waals surface area contributed by atoms with Crippen LogP contribution in [-0.2, 0) is 32.1 Å². The van der Waals surface area contributed by atoms with Crippen molar-refractivity contribution >= 4 is 47.0 Å². The van der Waals surface area contributed by atoms with Crippen molar-refractivity contribution in [1.29, 1.82) is 0 Å². The molecule has 1 aliphatic carbocycles. The third-order valence-electron chi connectivity index (χ3n) is 6.81. The van der Waals surface area contributed by atoms with Gasteiger partial charge in [0.05, 0.1) is 17.2 Å². The fourth-order valence-corrected chi connectivity index (χ4v) is 4.78. The van der Waals surface area contributed by atoms with Gasteiger partial charge < -0.3 is 37.4 Å². The second-order valence-corrected chi connectivity index (χ2v) is 11.0. The number of amides is 2. The number of fused-ring (bicyclic) bond motifs is 1. The van der Waals surface area contributed by atoms with Crippen molar-refractivity contribution in [2.45, 2.75) is 43.9 Å². The molecule has 270 valence electrons. The van der Waals surface area contributed by atoms with Crippen LogP contribution in [0.15, 0.2) is 41.4 Å². The van der Waals surface area contributed by atoms with Gasteiger partial charge in [-0.2, -0.15) is 26.3 Å². The number of carboxylic acid groups (broad SMARTS) is 2. The van der Waals surface area contributed by atoms with Gasteiger partial charge in [0.2, 0.25) is 0 Å². The first kappa shape index (κ1) is 40.5. The predicted octanol–water partition coefficient (Wildman–Crippen LogP) is 2.55. The third kappa shape index (κ3) is 13.0. The summed E-state index contributed by atoms with van der Waals surface area (Å²) < 4.78 is 77.1. The number of aliphatic imine (C=N–C) groups is 1. The molecule has 2 aromatic rings. The molecule has 1 saturated heterocycles. The van der Waals surface area contributed by atoms with Gasteiger partial charge in [-0.25, -0.2) is 14.0 Å². The van der Waals surface area contributed by atoms with Crippen molar-refractivity contribution < 1.29 is 65.2 Å². The summed E-state index contributed by atoms with van der Waals surface area (Å²) in [5.74, 6) is -8.21. The fraction of sp³-hybridized carbons (Fsp3) is 0.393. The van der Waals surface area contributed by atoms with Gasteiger partial charge in [0, 0.05) is 37.8 Å². The Bertz CT molecular complexity index is 1530. The van der Waals surface area contributed by atoms with Crippen molar-refractivity contribution in [1.82, 2.24) is 10.2 Å². The number of guanidine groups is 1. The number of alkyl halides is 6. The molecule has 0 unspecified atom stereocenters. The van der Waals surface area contributed by atoms with E-state index in [2.05, 4.69) is 26.6 Å². The van der Waals surface area contributed by atoms with Crippen molar-refractivity contribution in [2.75, 3.05) is 25.0 Å². The van der Waals surface area contributed by atoms with Gasteiger partial charge in [-0.3, -0.25) is 19.5 Å². The molecule has 4 rings (SSSR count). The lowest BCUT2D eigenvalue weighted by atomic mass is 10.0. The average molecular weight is 731 g/mol. The minimum Gasteiger partial charge on any atom is -0.475 e. The summed E-state index contributed by atoms with van der Waals surface area (Å²) in [6.45, 7) is 2.49. The van der Waals surface area contributed by atoms with Gasteiger partial charge in [0.25, 0.3) is 0 Å². The number of aliphatic hydroxyl groups is 1. The number of rotatable bonds is 6. The molecular formula is C28H30ClF7N6O7. The molecule has 21 heteroatoms. The lowest BCUT2D eigenvalue weighted by molar-refractivity contribution is -0.193. The largest absolute Gasteiger partial charge is 0.490 e. The molecule has 2 amide bonds. The summed E-state index contributed by atoms with van der Waals surface area (Å²) in [5, 5.41) is 29.1. The number of benzene rings is 2. The summed E-state index contributed by atoms with van der Waals surface area (Å²) in [4.78, 5) is 49.3. The van der Waals surface area contributed by atoms with Crippen LogP contribution >= 0.6 is 11.6 Å². The molecule has 0 bridgehead atoms. The van der Waals surface area contributed by atoms with E-state index in [4.69, 9.17) is 42.9 Å². The maximum Gasteiger partial charge on any atom is 0.490 e. The van der Waals surface area contributed by atoms with E-state index in [9.17, 15) is 45.4 Å². The number of carbonyl (C=O) groups is 4. The number of nitrogens with one attached hydrogen (secondary N) is 2. The zero-order chi connectivity index (χ0) is 37.3. The maximum atomic E-state index is 13.7. The number of nitrogens with zero attached hydrogens (tertiary/aromatic N) is 2. The molecule has 2 aliphatic rings. The van der Waals surface area contributed by atoms with Crippen LogP contribution in [-0.4, -0.2) is 88.0 Å². The SMILES string of the molecule is NC(N)=NC[C@H]1Cc2cc(CN3CC[C@@H](O)C3)ccc2[C@@H]1NC(=O)C(=O)Nc1ccc(Cl)c(F)c1.O=C(O)C(F)(F)F.O=C(O)C(F)(F)F.